The monoisotopic (exact) mass is 484 g/mol. The number of carboxylic acids is 1. The second-order valence-electron chi connectivity index (χ2n) is 10.4. The molecule has 8 heteroatoms. The molecule has 0 saturated carbocycles. The Morgan fingerprint density at radius 2 is 1.97 bits per heavy atom. The Morgan fingerprint density at radius 1 is 1.26 bits per heavy atom. The van der Waals surface area contributed by atoms with Gasteiger partial charge in [-0.05, 0) is 44.1 Å². The van der Waals surface area contributed by atoms with E-state index in [0.717, 1.165) is 5.56 Å². The van der Waals surface area contributed by atoms with E-state index in [-0.39, 0.29) is 24.3 Å². The zero-order valence-electron chi connectivity index (χ0n) is 20.6. The maximum atomic E-state index is 14.2. The number of benzene rings is 1. The van der Waals surface area contributed by atoms with Crippen LogP contribution in [0.1, 0.15) is 45.1 Å². The van der Waals surface area contributed by atoms with E-state index in [1.807, 2.05) is 37.3 Å². The van der Waals surface area contributed by atoms with Crippen molar-refractivity contribution in [3.8, 4) is 0 Å². The van der Waals surface area contributed by atoms with Gasteiger partial charge in [0, 0.05) is 26.2 Å². The molecular weight excluding hydrogens is 448 g/mol. The molecule has 0 radical (unpaired) electrons. The number of aliphatic hydroxyl groups excluding tert-OH is 1. The predicted octanol–water partition coefficient (Wildman–Crippen LogP) is 2.46. The molecule has 1 spiro atoms. The number of ether oxygens (including phenoxy) is 1. The number of carbonyl (C=O) groups excluding carboxylic acids is 2. The Morgan fingerprint density at radius 3 is 2.60 bits per heavy atom. The van der Waals surface area contributed by atoms with Gasteiger partial charge in [0.05, 0.1) is 11.5 Å². The quantitative estimate of drug-likeness (QED) is 0.369. The number of aliphatic carboxylic acids is 1. The van der Waals surface area contributed by atoms with Gasteiger partial charge in [0.25, 0.3) is 0 Å². The predicted molar refractivity (Wildman–Crippen MR) is 129 cm³/mol. The molecule has 0 aromatic heterocycles. The van der Waals surface area contributed by atoms with Gasteiger partial charge in [0.1, 0.15) is 17.6 Å². The van der Waals surface area contributed by atoms with Crippen molar-refractivity contribution in [3.63, 3.8) is 0 Å². The normalized spacial score (nSPS) is 33.1. The molecule has 3 unspecified atom stereocenters. The van der Waals surface area contributed by atoms with Gasteiger partial charge in [-0.15, -0.1) is 6.58 Å². The molecule has 3 aliphatic rings. The minimum Gasteiger partial charge on any atom is -0.481 e. The molecule has 1 aromatic rings. The molecule has 35 heavy (non-hydrogen) atoms. The van der Waals surface area contributed by atoms with E-state index >= 15 is 0 Å². The summed E-state index contributed by atoms with van der Waals surface area (Å²) in [6.07, 6.45) is 4.05. The van der Waals surface area contributed by atoms with Gasteiger partial charge in [-0.2, -0.15) is 0 Å². The van der Waals surface area contributed by atoms with Gasteiger partial charge in [0.2, 0.25) is 11.8 Å². The number of likely N-dealkylation sites (tertiary alicyclic amines) is 1. The number of aliphatic hydroxyl groups is 1. The fraction of sp³-hybridized carbons (Fsp3) is 0.593. The molecule has 2 amide bonds. The maximum absolute atomic E-state index is 14.2. The molecule has 2 bridgehead atoms. The summed E-state index contributed by atoms with van der Waals surface area (Å²) in [7, 11) is 0. The Balaban J connectivity index is 1.73. The number of unbranched alkanes of at least 4 members (excludes halogenated alkanes) is 2. The molecular formula is C27H36N2O6. The molecule has 3 fully saturated rings. The Bertz CT molecular complexity index is 983. The van der Waals surface area contributed by atoms with Crippen molar-refractivity contribution in [1.29, 1.82) is 0 Å². The van der Waals surface area contributed by atoms with Crippen LogP contribution in [0.4, 0.5) is 0 Å². The van der Waals surface area contributed by atoms with Gasteiger partial charge in [-0.1, -0.05) is 43.3 Å². The third-order valence-corrected chi connectivity index (χ3v) is 8.25. The molecule has 1 aromatic carbocycles. The molecule has 3 heterocycles. The number of hydrogen-bond donors (Lipinski definition) is 2. The largest absolute Gasteiger partial charge is 0.481 e. The molecule has 190 valence electrons. The third-order valence-electron chi connectivity index (χ3n) is 8.25. The summed E-state index contributed by atoms with van der Waals surface area (Å²) in [6, 6.07) is 8.72. The second-order valence-corrected chi connectivity index (χ2v) is 10.4. The number of rotatable bonds is 11. The smallest absolute Gasteiger partial charge is 0.310 e. The van der Waals surface area contributed by atoms with Crippen LogP contribution in [0.2, 0.25) is 0 Å². The Hall–Kier alpha value is -2.71. The highest BCUT2D eigenvalue weighted by Gasteiger charge is 2.80. The van der Waals surface area contributed by atoms with E-state index in [2.05, 4.69) is 6.58 Å². The van der Waals surface area contributed by atoms with Crippen LogP contribution in [0.15, 0.2) is 43.0 Å². The van der Waals surface area contributed by atoms with Crippen LogP contribution in [-0.4, -0.2) is 74.7 Å². The summed E-state index contributed by atoms with van der Waals surface area (Å²) in [5, 5.41) is 19.3. The highest BCUT2D eigenvalue weighted by Crippen LogP contribution is 2.65. The molecule has 3 aliphatic heterocycles. The van der Waals surface area contributed by atoms with E-state index in [1.165, 1.54) is 0 Å². The first-order valence-corrected chi connectivity index (χ1v) is 12.5. The fourth-order valence-electron chi connectivity index (χ4n) is 6.57. The average molecular weight is 485 g/mol. The van der Waals surface area contributed by atoms with Crippen LogP contribution >= 0.6 is 0 Å². The van der Waals surface area contributed by atoms with Crippen LogP contribution in [0.25, 0.3) is 0 Å². The SMILES string of the molecule is C=CCN(Cc1ccccc1)C(=O)C1N(CCCCCO)C(=O)[C@@H]2[C@H](C(=O)O)[C@@]3(C)OC12CC3C. The van der Waals surface area contributed by atoms with Gasteiger partial charge >= 0.3 is 5.97 Å². The van der Waals surface area contributed by atoms with Crippen molar-refractivity contribution in [3.05, 3.63) is 48.6 Å². The van der Waals surface area contributed by atoms with Crippen molar-refractivity contribution in [2.75, 3.05) is 19.7 Å². The minimum absolute atomic E-state index is 0.0626. The standard InChI is InChI=1S/C27H36N2O6/c1-4-13-28(17-19-11-7-5-8-12-19)24(32)22-27-16-18(2)26(3,35-27)21(25(33)34)20(27)23(31)29(22)14-9-6-10-15-30/h4-5,7-8,11-12,18,20-22,30H,1,6,9-10,13-17H2,2-3H3,(H,33,34)/t18?,20-,21+,22?,26-,27?/m0/s1. The van der Waals surface area contributed by atoms with E-state index in [1.54, 1.807) is 22.8 Å². The first-order chi connectivity index (χ1) is 16.7. The molecule has 4 rings (SSSR count). The zero-order valence-corrected chi connectivity index (χ0v) is 20.6. The number of carboxylic acid groups (broad SMARTS) is 1. The number of hydrogen-bond acceptors (Lipinski definition) is 5. The van der Waals surface area contributed by atoms with E-state index in [4.69, 9.17) is 9.84 Å². The van der Waals surface area contributed by atoms with Crippen LogP contribution in [0.5, 0.6) is 0 Å². The van der Waals surface area contributed by atoms with Gasteiger partial charge in [-0.3, -0.25) is 14.4 Å². The minimum atomic E-state index is -1.17. The van der Waals surface area contributed by atoms with Gasteiger partial charge < -0.3 is 24.7 Å². The fourth-order valence-corrected chi connectivity index (χ4v) is 6.57. The topological polar surface area (TPSA) is 107 Å². The second kappa shape index (κ2) is 9.74. The first kappa shape index (κ1) is 25.4. The summed E-state index contributed by atoms with van der Waals surface area (Å²) < 4.78 is 6.54. The average Bonchev–Trinajstić information content (AvgIpc) is 3.33. The van der Waals surface area contributed by atoms with Crippen LogP contribution < -0.4 is 0 Å². The van der Waals surface area contributed by atoms with Crippen LogP contribution in [0.3, 0.4) is 0 Å². The number of amides is 2. The van der Waals surface area contributed by atoms with Crippen LogP contribution in [-0.2, 0) is 25.7 Å². The molecule has 2 N–H and O–H groups in total. The third kappa shape index (κ3) is 4.06. The summed E-state index contributed by atoms with van der Waals surface area (Å²) >= 11 is 0. The lowest BCUT2D eigenvalue weighted by Crippen LogP contribution is -2.56. The summed E-state index contributed by atoms with van der Waals surface area (Å²) in [5.41, 5.74) is -1.22. The number of nitrogens with zero attached hydrogens (tertiary/aromatic N) is 2. The van der Waals surface area contributed by atoms with Gasteiger partial charge in [-0.25, -0.2) is 0 Å². The lowest BCUT2D eigenvalue weighted by atomic mass is 9.62. The van der Waals surface area contributed by atoms with Crippen molar-refractivity contribution in [1.82, 2.24) is 9.80 Å². The summed E-state index contributed by atoms with van der Waals surface area (Å²) in [5.74, 6) is -3.62. The van der Waals surface area contributed by atoms with E-state index < -0.39 is 35.0 Å². The number of carbonyl (C=O) groups is 3. The van der Waals surface area contributed by atoms with Crippen molar-refractivity contribution in [2.24, 2.45) is 17.8 Å². The van der Waals surface area contributed by atoms with Crippen molar-refractivity contribution < 1.29 is 29.3 Å². The highest BCUT2D eigenvalue weighted by atomic mass is 16.5. The van der Waals surface area contributed by atoms with Crippen molar-refractivity contribution >= 4 is 17.8 Å². The summed E-state index contributed by atoms with van der Waals surface area (Å²) in [4.78, 5) is 43.7. The molecule has 6 atom stereocenters. The van der Waals surface area contributed by atoms with E-state index in [0.29, 0.717) is 45.3 Å². The first-order valence-electron chi connectivity index (χ1n) is 12.5. The number of fused-ring (bicyclic) bond motifs is 1. The zero-order chi connectivity index (χ0) is 25.4. The van der Waals surface area contributed by atoms with E-state index in [9.17, 15) is 19.5 Å². The van der Waals surface area contributed by atoms with Gasteiger partial charge in [0.15, 0.2) is 0 Å². The lowest BCUT2D eigenvalue weighted by Gasteiger charge is -2.37. The molecule has 8 nitrogen and oxygen atoms in total. The Labute approximate surface area is 206 Å². The lowest BCUT2D eigenvalue weighted by molar-refractivity contribution is -0.158. The van der Waals surface area contributed by atoms with Crippen molar-refractivity contribution in [2.45, 2.75) is 63.3 Å². The van der Waals surface area contributed by atoms with Crippen LogP contribution in [0, 0.1) is 17.8 Å². The summed E-state index contributed by atoms with van der Waals surface area (Å²) in [6.45, 7) is 8.57. The Kier molecular flexibility index (Phi) is 7.06. The highest BCUT2D eigenvalue weighted by molar-refractivity contribution is 5.98. The maximum Gasteiger partial charge on any atom is 0.310 e. The molecule has 0 aliphatic carbocycles. The molecule has 3 saturated heterocycles.